The van der Waals surface area contributed by atoms with E-state index in [1.54, 1.807) is 0 Å². The van der Waals surface area contributed by atoms with Gasteiger partial charge in [0.05, 0.1) is 12.8 Å². The van der Waals surface area contributed by atoms with E-state index in [4.69, 9.17) is 0 Å². The smallest absolute Gasteiger partial charge is 0.327 e. The third-order valence-electron chi connectivity index (χ3n) is 3.67. The maximum atomic E-state index is 13.5. The largest absolute Gasteiger partial charge is 0.468 e. The van der Waals surface area contributed by atoms with Crippen LogP contribution in [0.4, 0.5) is 8.78 Å². The van der Waals surface area contributed by atoms with Gasteiger partial charge in [-0.3, -0.25) is 9.59 Å². The molecule has 120 valence electrons. The highest BCUT2D eigenvalue weighted by Gasteiger charge is 2.29. The molecule has 1 aliphatic carbocycles. The first kappa shape index (κ1) is 15.3. The number of methoxy groups -OCH3 is 1. The van der Waals surface area contributed by atoms with Gasteiger partial charge in [0.15, 0.2) is 0 Å². The summed E-state index contributed by atoms with van der Waals surface area (Å²) >= 11 is 0. The summed E-state index contributed by atoms with van der Waals surface area (Å²) in [7, 11) is 1.22. The first-order valence-electron chi connectivity index (χ1n) is 7.13. The Hall–Kier alpha value is -2.57. The number of esters is 1. The van der Waals surface area contributed by atoms with Crippen molar-refractivity contribution >= 4 is 5.97 Å². The van der Waals surface area contributed by atoms with E-state index in [0.717, 1.165) is 35.7 Å². The predicted octanol–water partition coefficient (Wildman–Crippen LogP) is 2.24. The van der Waals surface area contributed by atoms with Crippen LogP contribution in [0, 0.1) is 11.6 Å². The van der Waals surface area contributed by atoms with Crippen LogP contribution in [0.25, 0.3) is 11.1 Å². The molecule has 1 fully saturated rings. The molecule has 3 rings (SSSR count). The third-order valence-corrected chi connectivity index (χ3v) is 3.67. The summed E-state index contributed by atoms with van der Waals surface area (Å²) in [6, 6.07) is 4.36. The van der Waals surface area contributed by atoms with Crippen LogP contribution in [0.3, 0.4) is 0 Å². The molecule has 5 nitrogen and oxygen atoms in total. The number of hydrogen-bond donors (Lipinski definition) is 0. The van der Waals surface area contributed by atoms with Crippen molar-refractivity contribution in [2.45, 2.75) is 25.3 Å². The van der Waals surface area contributed by atoms with Gasteiger partial charge < -0.3 is 4.74 Å². The maximum Gasteiger partial charge on any atom is 0.327 e. The van der Waals surface area contributed by atoms with E-state index in [1.165, 1.54) is 13.2 Å². The Morgan fingerprint density at radius 2 is 1.91 bits per heavy atom. The molecule has 0 aliphatic heterocycles. The molecule has 1 aromatic carbocycles. The van der Waals surface area contributed by atoms with Gasteiger partial charge in [0.25, 0.3) is 5.56 Å². The molecule has 0 unspecified atom stereocenters. The highest BCUT2D eigenvalue weighted by molar-refractivity contribution is 5.69. The third kappa shape index (κ3) is 3.28. The number of carbonyl (C=O) groups is 1. The van der Waals surface area contributed by atoms with E-state index >= 15 is 0 Å². The van der Waals surface area contributed by atoms with Gasteiger partial charge in [-0.15, -0.1) is 0 Å². The van der Waals surface area contributed by atoms with Gasteiger partial charge in [0.1, 0.15) is 18.2 Å². The molecule has 1 saturated carbocycles. The standard InChI is InChI=1S/C16H14F2N2O3/c1-23-15(22)8-20-14(21)7-13(16(19-20)9-2-3-9)10-4-11(17)6-12(18)5-10/h4-7,9H,2-3,8H2,1H3. The highest BCUT2D eigenvalue weighted by atomic mass is 19.1. The molecule has 1 heterocycles. The van der Waals surface area contributed by atoms with Crippen molar-refractivity contribution < 1.29 is 18.3 Å². The van der Waals surface area contributed by atoms with Crippen molar-refractivity contribution in [3.05, 3.63) is 51.9 Å². The van der Waals surface area contributed by atoms with E-state index in [2.05, 4.69) is 9.84 Å². The van der Waals surface area contributed by atoms with E-state index in [0.29, 0.717) is 11.3 Å². The number of halogens is 2. The molecule has 2 aromatic rings. The molecule has 0 saturated heterocycles. The van der Waals surface area contributed by atoms with Crippen molar-refractivity contribution in [3.8, 4) is 11.1 Å². The molecule has 1 aliphatic rings. The number of rotatable bonds is 4. The van der Waals surface area contributed by atoms with Gasteiger partial charge in [0, 0.05) is 23.6 Å². The normalized spacial score (nSPS) is 13.9. The van der Waals surface area contributed by atoms with E-state index in [-0.39, 0.29) is 18.0 Å². The molecule has 0 atom stereocenters. The molecule has 0 bridgehead atoms. The lowest BCUT2D eigenvalue weighted by atomic mass is 10.0. The fourth-order valence-corrected chi connectivity index (χ4v) is 2.40. The molecular formula is C16H14F2N2O3. The number of aromatic nitrogens is 2. The monoisotopic (exact) mass is 320 g/mol. The van der Waals surface area contributed by atoms with Crippen molar-refractivity contribution in [1.29, 1.82) is 0 Å². The highest BCUT2D eigenvalue weighted by Crippen LogP contribution is 2.42. The molecule has 1 aromatic heterocycles. The van der Waals surface area contributed by atoms with Crippen LogP contribution in [0.5, 0.6) is 0 Å². The zero-order valence-electron chi connectivity index (χ0n) is 12.4. The van der Waals surface area contributed by atoms with Crippen LogP contribution in [0.2, 0.25) is 0 Å². The Morgan fingerprint density at radius 1 is 1.26 bits per heavy atom. The number of benzene rings is 1. The molecule has 7 heteroatoms. The topological polar surface area (TPSA) is 61.2 Å². The second-order valence-corrected chi connectivity index (χ2v) is 5.45. The molecular weight excluding hydrogens is 306 g/mol. The van der Waals surface area contributed by atoms with Gasteiger partial charge in [-0.2, -0.15) is 5.10 Å². The van der Waals surface area contributed by atoms with E-state index < -0.39 is 23.2 Å². The lowest BCUT2D eigenvalue weighted by molar-refractivity contribution is -0.141. The summed E-state index contributed by atoms with van der Waals surface area (Å²) < 4.78 is 32.5. The zero-order chi connectivity index (χ0) is 16.6. The Morgan fingerprint density at radius 3 is 2.48 bits per heavy atom. The summed E-state index contributed by atoms with van der Waals surface area (Å²) in [4.78, 5) is 23.5. The van der Waals surface area contributed by atoms with E-state index in [1.807, 2.05) is 0 Å². The molecule has 0 radical (unpaired) electrons. The summed E-state index contributed by atoms with van der Waals surface area (Å²) in [6.07, 6.45) is 1.77. The summed E-state index contributed by atoms with van der Waals surface area (Å²) in [5.74, 6) is -1.91. The van der Waals surface area contributed by atoms with Crippen LogP contribution >= 0.6 is 0 Å². The van der Waals surface area contributed by atoms with E-state index in [9.17, 15) is 18.4 Å². The lowest BCUT2D eigenvalue weighted by Crippen LogP contribution is -2.28. The first-order chi connectivity index (χ1) is 11.0. The average Bonchev–Trinajstić information content (AvgIpc) is 3.32. The zero-order valence-corrected chi connectivity index (χ0v) is 12.4. The Balaban J connectivity index is 2.11. The van der Waals surface area contributed by atoms with Gasteiger partial charge in [-0.05, 0) is 30.5 Å². The van der Waals surface area contributed by atoms with Crippen molar-refractivity contribution in [2.24, 2.45) is 0 Å². The number of nitrogens with zero attached hydrogens (tertiary/aromatic N) is 2. The average molecular weight is 320 g/mol. The fourth-order valence-electron chi connectivity index (χ4n) is 2.40. The Labute approximate surface area is 130 Å². The number of ether oxygens (including phenoxy) is 1. The summed E-state index contributed by atoms with van der Waals surface area (Å²) in [6.45, 7) is -0.299. The first-order valence-corrected chi connectivity index (χ1v) is 7.13. The lowest BCUT2D eigenvalue weighted by Gasteiger charge is -2.11. The van der Waals surface area contributed by atoms with Crippen molar-refractivity contribution in [3.63, 3.8) is 0 Å². The van der Waals surface area contributed by atoms with Crippen LogP contribution in [0.15, 0.2) is 29.1 Å². The number of carbonyl (C=O) groups excluding carboxylic acids is 1. The molecule has 0 amide bonds. The minimum atomic E-state index is -0.722. The second-order valence-electron chi connectivity index (χ2n) is 5.45. The van der Waals surface area contributed by atoms with Crippen molar-refractivity contribution in [1.82, 2.24) is 9.78 Å². The Bertz CT molecular complexity index is 808. The van der Waals surface area contributed by atoms with Crippen LogP contribution in [0.1, 0.15) is 24.5 Å². The minimum absolute atomic E-state index is 0.126. The SMILES string of the molecule is COC(=O)Cn1nc(C2CC2)c(-c2cc(F)cc(F)c2)cc1=O. The summed E-state index contributed by atoms with van der Waals surface area (Å²) in [5, 5.41) is 4.22. The van der Waals surface area contributed by atoms with Crippen LogP contribution in [-0.2, 0) is 16.1 Å². The minimum Gasteiger partial charge on any atom is -0.468 e. The van der Waals surface area contributed by atoms with Gasteiger partial charge in [0.2, 0.25) is 0 Å². The second kappa shape index (κ2) is 5.91. The van der Waals surface area contributed by atoms with Crippen molar-refractivity contribution in [2.75, 3.05) is 7.11 Å². The molecule has 0 spiro atoms. The van der Waals surface area contributed by atoms with Gasteiger partial charge >= 0.3 is 5.97 Å². The quantitative estimate of drug-likeness (QED) is 0.811. The van der Waals surface area contributed by atoms with Crippen LogP contribution in [-0.4, -0.2) is 22.9 Å². The number of hydrogen-bond acceptors (Lipinski definition) is 4. The molecule has 0 N–H and O–H groups in total. The Kier molecular flexibility index (Phi) is 3.94. The van der Waals surface area contributed by atoms with Gasteiger partial charge in [-0.1, -0.05) is 0 Å². The van der Waals surface area contributed by atoms with Gasteiger partial charge in [-0.25, -0.2) is 13.5 Å². The predicted molar refractivity (Wildman–Crippen MR) is 77.8 cm³/mol. The van der Waals surface area contributed by atoms with Crippen LogP contribution < -0.4 is 5.56 Å². The maximum absolute atomic E-state index is 13.5. The summed E-state index contributed by atoms with van der Waals surface area (Å²) in [5.41, 5.74) is 0.703. The fraction of sp³-hybridized carbons (Fsp3) is 0.312. The molecule has 23 heavy (non-hydrogen) atoms.